The Morgan fingerprint density at radius 3 is 2.71 bits per heavy atom. The van der Waals surface area contributed by atoms with Gasteiger partial charge in [-0.2, -0.15) is 0 Å². The Kier molecular flexibility index (Phi) is 5.49. The van der Waals surface area contributed by atoms with Crippen molar-refractivity contribution in [3.05, 3.63) is 6.33 Å². The molecule has 1 saturated carbocycles. The van der Waals surface area contributed by atoms with Gasteiger partial charge in [-0.15, -0.1) is 0 Å². The van der Waals surface area contributed by atoms with Gasteiger partial charge < -0.3 is 30.0 Å². The summed E-state index contributed by atoms with van der Waals surface area (Å²) in [5.74, 6) is 0.852. The highest BCUT2D eigenvalue weighted by Gasteiger charge is 2.56. The molecule has 0 amide bonds. The lowest BCUT2D eigenvalue weighted by atomic mass is 9.90. The van der Waals surface area contributed by atoms with Crippen LogP contribution in [0.15, 0.2) is 6.33 Å². The molecule has 10 heteroatoms. The van der Waals surface area contributed by atoms with Crippen molar-refractivity contribution in [2.45, 2.75) is 76.3 Å². The Morgan fingerprint density at radius 1 is 1.16 bits per heavy atom. The molecule has 5 rings (SSSR count). The number of anilines is 2. The molecule has 0 spiro atoms. The number of nitrogens with two attached hydrogens (primary N) is 1. The van der Waals surface area contributed by atoms with E-state index < -0.39 is 12.0 Å². The molecule has 10 nitrogen and oxygen atoms in total. The Labute approximate surface area is 181 Å². The monoisotopic (exact) mass is 432 g/mol. The summed E-state index contributed by atoms with van der Waals surface area (Å²) in [4.78, 5) is 13.0. The van der Waals surface area contributed by atoms with Crippen LogP contribution in [0.3, 0.4) is 0 Å². The van der Waals surface area contributed by atoms with Gasteiger partial charge in [-0.1, -0.05) is 19.3 Å². The molecule has 2 aliphatic heterocycles. The lowest BCUT2D eigenvalue weighted by Gasteiger charge is -2.26. The number of nitrogen functional groups attached to an aromatic ring is 1. The van der Waals surface area contributed by atoms with Crippen molar-refractivity contribution in [3.63, 3.8) is 0 Å². The number of ether oxygens (including phenoxy) is 4. The van der Waals surface area contributed by atoms with Gasteiger partial charge >= 0.3 is 0 Å². The molecule has 4 atom stereocenters. The molecular formula is C21H32N6O4. The van der Waals surface area contributed by atoms with E-state index in [4.69, 9.17) is 24.7 Å². The first-order valence-corrected chi connectivity index (χ1v) is 11.2. The van der Waals surface area contributed by atoms with Crippen LogP contribution >= 0.6 is 0 Å². The van der Waals surface area contributed by atoms with Crippen LogP contribution in [0.5, 0.6) is 0 Å². The number of hydrogen-bond acceptors (Lipinski definition) is 9. The minimum atomic E-state index is -0.705. The highest BCUT2D eigenvalue weighted by atomic mass is 16.8. The molecule has 0 aromatic carbocycles. The average molecular weight is 433 g/mol. The van der Waals surface area contributed by atoms with Crippen molar-refractivity contribution in [2.24, 2.45) is 5.92 Å². The number of nitrogens with zero attached hydrogens (tertiary/aromatic N) is 4. The third-order valence-electron chi connectivity index (χ3n) is 6.47. The fraction of sp³-hybridized carbons (Fsp3) is 0.762. The van der Waals surface area contributed by atoms with E-state index in [1.54, 1.807) is 7.05 Å². The van der Waals surface area contributed by atoms with Crippen molar-refractivity contribution in [3.8, 4) is 0 Å². The minimum absolute atomic E-state index is 0.243. The molecule has 0 bridgehead atoms. The van der Waals surface area contributed by atoms with Gasteiger partial charge in [0.05, 0.1) is 6.61 Å². The number of rotatable bonds is 6. The summed E-state index contributed by atoms with van der Waals surface area (Å²) in [6.07, 6.45) is 6.59. The fourth-order valence-corrected chi connectivity index (χ4v) is 5.05. The zero-order chi connectivity index (χ0) is 21.6. The first kappa shape index (κ1) is 20.9. The molecule has 3 aliphatic rings. The summed E-state index contributed by atoms with van der Waals surface area (Å²) in [6, 6.07) is 0. The molecule has 0 unspecified atom stereocenters. The van der Waals surface area contributed by atoms with Crippen LogP contribution in [0.2, 0.25) is 0 Å². The van der Waals surface area contributed by atoms with Crippen LogP contribution in [0, 0.1) is 5.92 Å². The molecule has 3 fully saturated rings. The highest BCUT2D eigenvalue weighted by molar-refractivity contribution is 5.84. The third-order valence-corrected chi connectivity index (χ3v) is 6.47. The molecule has 170 valence electrons. The molecule has 2 saturated heterocycles. The average Bonchev–Trinajstić information content (AvgIpc) is 3.38. The molecule has 4 heterocycles. The standard InChI is InChI=1S/C21H32N6O4/c1-21(2)30-15-13(10-28-9-12-7-5-4-6-8-12)29-19(16(15)31-21)27-18-14(26-20(27)23-3)17(22)24-11-25-18/h11-13,15-16,19H,4-10H2,1-3H3,(H,23,26)(H2,22,24,25)/t13-,15-,16-,19-/m1/s1. The van der Waals surface area contributed by atoms with Crippen LogP contribution in [-0.4, -0.2) is 63.9 Å². The first-order valence-electron chi connectivity index (χ1n) is 11.2. The van der Waals surface area contributed by atoms with Crippen LogP contribution in [0.1, 0.15) is 52.2 Å². The van der Waals surface area contributed by atoms with Gasteiger partial charge in [0.2, 0.25) is 5.95 Å². The molecular weight excluding hydrogens is 400 g/mol. The zero-order valence-corrected chi connectivity index (χ0v) is 18.4. The summed E-state index contributed by atoms with van der Waals surface area (Å²) in [5, 5.41) is 3.11. The second kappa shape index (κ2) is 8.16. The second-order valence-corrected chi connectivity index (χ2v) is 9.16. The predicted molar refractivity (Wildman–Crippen MR) is 114 cm³/mol. The van der Waals surface area contributed by atoms with Crippen molar-refractivity contribution >= 4 is 22.9 Å². The lowest BCUT2D eigenvalue weighted by molar-refractivity contribution is -0.201. The van der Waals surface area contributed by atoms with Crippen LogP contribution in [0.25, 0.3) is 11.2 Å². The Hall–Kier alpha value is -2.01. The number of fused-ring (bicyclic) bond motifs is 2. The molecule has 31 heavy (non-hydrogen) atoms. The van der Waals surface area contributed by atoms with Gasteiger partial charge in [-0.05, 0) is 32.6 Å². The maximum atomic E-state index is 6.45. The zero-order valence-electron chi connectivity index (χ0n) is 18.4. The van der Waals surface area contributed by atoms with E-state index in [2.05, 4.69) is 20.3 Å². The molecule has 2 aromatic rings. The molecule has 3 N–H and O–H groups in total. The lowest BCUT2D eigenvalue weighted by Crippen LogP contribution is -2.33. The third kappa shape index (κ3) is 3.86. The minimum Gasteiger partial charge on any atom is -0.382 e. The van der Waals surface area contributed by atoms with E-state index in [1.807, 2.05) is 18.4 Å². The van der Waals surface area contributed by atoms with E-state index in [0.717, 1.165) is 6.61 Å². The van der Waals surface area contributed by atoms with E-state index in [-0.39, 0.29) is 18.3 Å². The summed E-state index contributed by atoms with van der Waals surface area (Å²) >= 11 is 0. The Bertz CT molecular complexity index is 928. The summed E-state index contributed by atoms with van der Waals surface area (Å²) in [6.45, 7) is 5.08. The van der Waals surface area contributed by atoms with Crippen molar-refractivity contribution < 1.29 is 18.9 Å². The fourth-order valence-electron chi connectivity index (χ4n) is 5.05. The van der Waals surface area contributed by atoms with Crippen LogP contribution in [0.4, 0.5) is 11.8 Å². The van der Waals surface area contributed by atoms with Crippen LogP contribution in [-0.2, 0) is 18.9 Å². The largest absolute Gasteiger partial charge is 0.382 e. The van der Waals surface area contributed by atoms with Gasteiger partial charge in [0, 0.05) is 13.7 Å². The predicted octanol–water partition coefficient (Wildman–Crippen LogP) is 2.46. The quantitative estimate of drug-likeness (QED) is 0.709. The van der Waals surface area contributed by atoms with Crippen molar-refractivity contribution in [2.75, 3.05) is 31.3 Å². The van der Waals surface area contributed by atoms with Gasteiger partial charge in [0.15, 0.2) is 29.0 Å². The van der Waals surface area contributed by atoms with Crippen LogP contribution < -0.4 is 11.1 Å². The smallest absolute Gasteiger partial charge is 0.207 e. The molecule has 2 aromatic heterocycles. The van der Waals surface area contributed by atoms with E-state index in [9.17, 15) is 0 Å². The SMILES string of the molecule is CNc1nc2c(N)ncnc2n1[C@@H]1O[C@H](COCC2CCCCC2)[C@H]2OC(C)(C)O[C@H]21. The number of aromatic nitrogens is 4. The van der Waals surface area contributed by atoms with Gasteiger partial charge in [0.1, 0.15) is 24.6 Å². The first-order chi connectivity index (χ1) is 15.0. The Morgan fingerprint density at radius 2 is 1.94 bits per heavy atom. The molecule has 1 aliphatic carbocycles. The normalized spacial score (nSPS) is 30.7. The Balaban J connectivity index is 1.39. The number of imidazole rings is 1. The number of nitrogens with one attached hydrogen (secondary N) is 1. The maximum Gasteiger partial charge on any atom is 0.207 e. The van der Waals surface area contributed by atoms with Gasteiger partial charge in [-0.25, -0.2) is 15.0 Å². The number of hydrogen-bond donors (Lipinski definition) is 2. The summed E-state index contributed by atoms with van der Waals surface area (Å²) in [5.41, 5.74) is 7.16. The topological polar surface area (TPSA) is 119 Å². The summed E-state index contributed by atoms with van der Waals surface area (Å²) in [7, 11) is 1.80. The van der Waals surface area contributed by atoms with Crippen molar-refractivity contribution in [1.29, 1.82) is 0 Å². The van der Waals surface area contributed by atoms with E-state index in [0.29, 0.717) is 35.5 Å². The van der Waals surface area contributed by atoms with Gasteiger partial charge in [0.25, 0.3) is 0 Å². The van der Waals surface area contributed by atoms with E-state index >= 15 is 0 Å². The maximum absolute atomic E-state index is 6.45. The second-order valence-electron chi connectivity index (χ2n) is 9.16. The van der Waals surface area contributed by atoms with E-state index in [1.165, 1.54) is 38.4 Å². The van der Waals surface area contributed by atoms with Gasteiger partial charge in [-0.3, -0.25) is 4.57 Å². The summed E-state index contributed by atoms with van der Waals surface area (Å²) < 4.78 is 26.9. The molecule has 0 radical (unpaired) electrons. The van der Waals surface area contributed by atoms with Crippen molar-refractivity contribution in [1.82, 2.24) is 19.5 Å². The highest BCUT2D eigenvalue weighted by Crippen LogP contribution is 2.45.